The lowest BCUT2D eigenvalue weighted by atomic mass is 9.96. The second kappa shape index (κ2) is 6.24. The third kappa shape index (κ3) is 3.50. The zero-order valence-corrected chi connectivity index (χ0v) is 12.7. The average molecular weight is 355 g/mol. The predicted molar refractivity (Wildman–Crippen MR) is 74.8 cm³/mol. The van der Waals surface area contributed by atoms with Crippen molar-refractivity contribution >= 4 is 5.97 Å². The van der Waals surface area contributed by atoms with Crippen molar-refractivity contribution in [1.29, 1.82) is 0 Å². The summed E-state index contributed by atoms with van der Waals surface area (Å²) in [6.45, 7) is 3.59. The van der Waals surface area contributed by atoms with Crippen LogP contribution in [0.25, 0.3) is 0 Å². The maximum Gasteiger partial charge on any atom is 0.417 e. The van der Waals surface area contributed by atoms with Crippen LogP contribution in [0.15, 0.2) is 30.5 Å². The highest BCUT2D eigenvalue weighted by Gasteiger charge is 2.46. The van der Waals surface area contributed by atoms with E-state index in [0.717, 1.165) is 6.07 Å². The van der Waals surface area contributed by atoms with Crippen LogP contribution in [0.2, 0.25) is 0 Å². The summed E-state index contributed by atoms with van der Waals surface area (Å²) in [5.74, 6) is -0.483. The highest BCUT2D eigenvalue weighted by atomic mass is 19.4. The summed E-state index contributed by atoms with van der Waals surface area (Å²) in [7, 11) is 0. The van der Waals surface area contributed by atoms with Crippen LogP contribution >= 0.6 is 0 Å². The number of alkyl halides is 3. The third-order valence-electron chi connectivity index (χ3n) is 3.57. The molecule has 0 atom stereocenters. The number of H-pyrrole nitrogens is 1. The van der Waals surface area contributed by atoms with E-state index in [4.69, 9.17) is 9.47 Å². The van der Waals surface area contributed by atoms with Crippen molar-refractivity contribution in [3.05, 3.63) is 47.6 Å². The molecule has 2 aromatic heterocycles. The molecule has 0 spiro atoms. The molecular weight excluding hydrogens is 343 g/mol. The van der Waals surface area contributed by atoms with Crippen molar-refractivity contribution in [3.8, 4) is 0 Å². The summed E-state index contributed by atoms with van der Waals surface area (Å²) in [6.07, 6.45) is -3.78. The monoisotopic (exact) mass is 355 g/mol. The summed E-state index contributed by atoms with van der Waals surface area (Å²) < 4.78 is 48.4. The van der Waals surface area contributed by atoms with Gasteiger partial charge < -0.3 is 9.47 Å². The Labute approximate surface area is 139 Å². The lowest BCUT2D eigenvalue weighted by molar-refractivity contribution is -0.216. The number of aromatic amines is 1. The molecule has 1 aliphatic rings. The van der Waals surface area contributed by atoms with Gasteiger partial charge in [0.05, 0.1) is 24.5 Å². The maximum atomic E-state index is 12.6. The molecule has 132 valence electrons. The van der Waals surface area contributed by atoms with E-state index in [1.54, 1.807) is 0 Å². The lowest BCUT2D eigenvalue weighted by Crippen LogP contribution is -2.51. The SMILES string of the molecule is C=C(Cc1nn[nH]n1)C(=O)OC1(c2ccc(C(F)(F)F)cn2)COC1. The van der Waals surface area contributed by atoms with Crippen LogP contribution in [-0.2, 0) is 32.5 Å². The summed E-state index contributed by atoms with van der Waals surface area (Å²) in [4.78, 5) is 16.0. The number of nitrogens with one attached hydrogen (secondary N) is 1. The van der Waals surface area contributed by atoms with E-state index in [-0.39, 0.29) is 36.7 Å². The largest absolute Gasteiger partial charge is 0.444 e. The highest BCUT2D eigenvalue weighted by Crippen LogP contribution is 2.35. The molecule has 0 unspecified atom stereocenters. The Bertz CT molecular complexity index is 770. The molecule has 2 aromatic rings. The van der Waals surface area contributed by atoms with Gasteiger partial charge in [-0.25, -0.2) is 4.79 Å². The quantitative estimate of drug-likeness (QED) is 0.634. The van der Waals surface area contributed by atoms with E-state index in [2.05, 4.69) is 32.2 Å². The second-order valence-electron chi connectivity index (χ2n) is 5.41. The number of hydrogen-bond acceptors (Lipinski definition) is 7. The van der Waals surface area contributed by atoms with Gasteiger partial charge in [-0.3, -0.25) is 4.98 Å². The molecule has 0 aliphatic carbocycles. The minimum Gasteiger partial charge on any atom is -0.444 e. The van der Waals surface area contributed by atoms with Crippen molar-refractivity contribution in [1.82, 2.24) is 25.6 Å². The molecule has 1 N–H and O–H groups in total. The van der Waals surface area contributed by atoms with Gasteiger partial charge in [0.2, 0.25) is 5.60 Å². The van der Waals surface area contributed by atoms with E-state index in [0.29, 0.717) is 6.20 Å². The van der Waals surface area contributed by atoms with Crippen LogP contribution < -0.4 is 0 Å². The Morgan fingerprint density at radius 2 is 2.16 bits per heavy atom. The van der Waals surface area contributed by atoms with Crippen molar-refractivity contribution < 1.29 is 27.4 Å². The molecule has 0 aromatic carbocycles. The first-order valence-electron chi connectivity index (χ1n) is 7.05. The molecule has 11 heteroatoms. The Kier molecular flexibility index (Phi) is 4.25. The minimum absolute atomic E-state index is 0.00735. The Morgan fingerprint density at radius 1 is 1.40 bits per heavy atom. The van der Waals surface area contributed by atoms with E-state index < -0.39 is 23.3 Å². The molecular formula is C14H12F3N5O3. The number of hydrogen-bond donors (Lipinski definition) is 1. The molecule has 1 saturated heterocycles. The fourth-order valence-electron chi connectivity index (χ4n) is 2.15. The molecule has 0 saturated carbocycles. The molecule has 0 bridgehead atoms. The van der Waals surface area contributed by atoms with Crippen LogP contribution in [0.5, 0.6) is 0 Å². The van der Waals surface area contributed by atoms with Gasteiger partial charge in [0.1, 0.15) is 0 Å². The molecule has 3 heterocycles. The minimum atomic E-state index is -4.50. The van der Waals surface area contributed by atoms with Crippen LogP contribution in [0.3, 0.4) is 0 Å². The smallest absolute Gasteiger partial charge is 0.417 e. The number of ether oxygens (including phenoxy) is 2. The van der Waals surface area contributed by atoms with Crippen LogP contribution in [0.4, 0.5) is 13.2 Å². The number of rotatable bonds is 5. The number of esters is 1. The molecule has 1 aliphatic heterocycles. The van der Waals surface area contributed by atoms with Gasteiger partial charge in [-0.1, -0.05) is 11.8 Å². The number of carbonyl (C=O) groups is 1. The number of halogens is 3. The normalized spacial score (nSPS) is 16.1. The highest BCUT2D eigenvalue weighted by molar-refractivity contribution is 5.88. The van der Waals surface area contributed by atoms with Gasteiger partial charge in [-0.2, -0.15) is 18.4 Å². The van der Waals surface area contributed by atoms with Gasteiger partial charge in [0.25, 0.3) is 0 Å². The zero-order valence-electron chi connectivity index (χ0n) is 12.7. The number of nitrogens with zero attached hydrogens (tertiary/aromatic N) is 4. The fraction of sp³-hybridized carbons (Fsp3) is 0.357. The maximum absolute atomic E-state index is 12.6. The zero-order chi connectivity index (χ0) is 18.1. The fourth-order valence-corrected chi connectivity index (χ4v) is 2.15. The van der Waals surface area contributed by atoms with Crippen molar-refractivity contribution in [2.75, 3.05) is 13.2 Å². The van der Waals surface area contributed by atoms with Gasteiger partial charge in [-0.05, 0) is 12.1 Å². The number of tetrazole rings is 1. The van der Waals surface area contributed by atoms with Gasteiger partial charge >= 0.3 is 12.1 Å². The number of carbonyl (C=O) groups excluding carboxylic acids is 1. The summed E-state index contributed by atoms with van der Waals surface area (Å²) in [6, 6.07) is 2.05. The van der Waals surface area contributed by atoms with Crippen LogP contribution in [0, 0.1) is 0 Å². The topological polar surface area (TPSA) is 103 Å². The van der Waals surface area contributed by atoms with Crippen LogP contribution in [0.1, 0.15) is 17.1 Å². The van der Waals surface area contributed by atoms with Crippen LogP contribution in [-0.4, -0.2) is 44.8 Å². The van der Waals surface area contributed by atoms with E-state index >= 15 is 0 Å². The molecule has 1 fully saturated rings. The van der Waals surface area contributed by atoms with Gasteiger partial charge in [0, 0.05) is 18.2 Å². The first kappa shape index (κ1) is 17.0. The summed E-state index contributed by atoms with van der Waals surface area (Å²) in [5.41, 5.74) is -1.88. The average Bonchev–Trinajstić information content (AvgIpc) is 3.03. The van der Waals surface area contributed by atoms with E-state index in [9.17, 15) is 18.0 Å². The first-order valence-corrected chi connectivity index (χ1v) is 7.05. The Morgan fingerprint density at radius 3 is 2.64 bits per heavy atom. The molecule has 25 heavy (non-hydrogen) atoms. The lowest BCUT2D eigenvalue weighted by Gasteiger charge is -2.40. The second-order valence-corrected chi connectivity index (χ2v) is 5.41. The van der Waals surface area contributed by atoms with Crippen molar-refractivity contribution in [2.24, 2.45) is 0 Å². The molecule has 3 rings (SSSR count). The standard InChI is InChI=1S/C14H12F3N5O3/c1-8(4-11-19-21-22-20-11)12(23)25-13(6-24-7-13)10-3-2-9(5-18-10)14(15,16)17/h2-3,5H,1,4,6-7H2,(H,19,20,21,22). The number of aromatic nitrogens is 5. The third-order valence-corrected chi connectivity index (χ3v) is 3.57. The summed E-state index contributed by atoms with van der Waals surface area (Å²) in [5, 5.41) is 13.0. The van der Waals surface area contributed by atoms with Gasteiger partial charge in [0.15, 0.2) is 5.82 Å². The Hall–Kier alpha value is -2.82. The van der Waals surface area contributed by atoms with E-state index in [1.807, 2.05) is 0 Å². The van der Waals surface area contributed by atoms with E-state index in [1.165, 1.54) is 6.07 Å². The predicted octanol–water partition coefficient (Wildman–Crippen LogP) is 1.18. The molecule has 8 nitrogen and oxygen atoms in total. The number of pyridine rings is 1. The Balaban J connectivity index is 1.72. The summed E-state index contributed by atoms with van der Waals surface area (Å²) >= 11 is 0. The van der Waals surface area contributed by atoms with Gasteiger partial charge in [-0.15, -0.1) is 10.2 Å². The van der Waals surface area contributed by atoms with Crippen molar-refractivity contribution in [2.45, 2.75) is 18.2 Å². The van der Waals surface area contributed by atoms with Crippen molar-refractivity contribution in [3.63, 3.8) is 0 Å². The first-order chi connectivity index (χ1) is 11.8. The molecule has 0 amide bonds. The molecule has 0 radical (unpaired) electrons.